The van der Waals surface area contributed by atoms with Gasteiger partial charge < -0.3 is 25.0 Å². The van der Waals surface area contributed by atoms with Gasteiger partial charge in [0.1, 0.15) is 23.5 Å². The molecule has 4 atom stereocenters. The largest absolute Gasteiger partial charge is 0.507 e. The van der Waals surface area contributed by atoms with Gasteiger partial charge >= 0.3 is 5.97 Å². The number of hydrogen-bond donors (Lipinski definition) is 3. The third-order valence-electron chi connectivity index (χ3n) is 4.78. The fourth-order valence-electron chi connectivity index (χ4n) is 2.74. The Bertz CT molecular complexity index is 798. The number of rotatable bonds is 1. The summed E-state index contributed by atoms with van der Waals surface area (Å²) in [6.07, 6.45) is 2.38. The number of ether oxygens (including phenoxy) is 1. The van der Waals surface area contributed by atoms with Gasteiger partial charge in [0.25, 0.3) is 0 Å². The van der Waals surface area contributed by atoms with Gasteiger partial charge in [-0.2, -0.15) is 0 Å². The molecule has 1 aliphatic heterocycles. The maximum absolute atomic E-state index is 12.7. The van der Waals surface area contributed by atoms with Crippen molar-refractivity contribution in [3.05, 3.63) is 41.5 Å². The molecule has 28 heavy (non-hydrogen) atoms. The van der Waals surface area contributed by atoms with Gasteiger partial charge in [0, 0.05) is 31.8 Å². The van der Waals surface area contributed by atoms with Crippen molar-refractivity contribution in [3.8, 4) is 5.75 Å². The normalized spacial score (nSPS) is 28.6. The first-order valence-corrected chi connectivity index (χ1v) is 9.11. The van der Waals surface area contributed by atoms with Crippen LogP contribution >= 0.6 is 0 Å². The van der Waals surface area contributed by atoms with Gasteiger partial charge in [-0.25, -0.2) is 4.79 Å². The summed E-state index contributed by atoms with van der Waals surface area (Å²) in [5.74, 6) is -1.83. The quantitative estimate of drug-likeness (QED) is 0.630. The van der Waals surface area contributed by atoms with Gasteiger partial charge in [-0.1, -0.05) is 25.2 Å². The molecule has 7 heteroatoms. The number of ketones is 1. The zero-order valence-electron chi connectivity index (χ0n) is 16.5. The highest BCUT2D eigenvalue weighted by molar-refractivity contribution is 5.97. The summed E-state index contributed by atoms with van der Waals surface area (Å²) in [4.78, 5) is 26.5. The van der Waals surface area contributed by atoms with E-state index in [1.54, 1.807) is 45.0 Å². The Balaban J connectivity index is 2.53. The van der Waals surface area contributed by atoms with Gasteiger partial charge in [-0.3, -0.25) is 4.79 Å². The van der Waals surface area contributed by atoms with Crippen molar-refractivity contribution in [2.24, 2.45) is 5.92 Å². The molecule has 1 heterocycles. The van der Waals surface area contributed by atoms with Crippen LogP contribution in [0.2, 0.25) is 0 Å². The minimum atomic E-state index is -1.55. The van der Waals surface area contributed by atoms with Crippen molar-refractivity contribution in [1.29, 1.82) is 0 Å². The average molecular weight is 389 g/mol. The number of carbonyl (C=O) groups is 2. The molecule has 152 valence electrons. The molecule has 0 spiro atoms. The number of cyclic esters (lactones) is 1. The number of fused-ring (bicyclic) bond motifs is 1. The molecule has 0 bridgehead atoms. The Labute approximate surface area is 164 Å². The van der Waals surface area contributed by atoms with E-state index in [-0.39, 0.29) is 23.7 Å². The van der Waals surface area contributed by atoms with E-state index >= 15 is 0 Å². The standard InChI is InChI=1S/C21H27NO6/c1-12-8-9-17(24)20(26)16(23)7-5-6-14-10-15(22(3)4)11-18(25)19(14)21(27)28-13(12)2/h5-6,8-13,16,20,23,25-26H,7H2,1-4H3/b6-5+,9-8-/t12-,13+,16+,20?/m1/s1. The van der Waals surface area contributed by atoms with E-state index in [4.69, 9.17) is 4.74 Å². The molecule has 2 rings (SSSR count). The molecule has 3 N–H and O–H groups in total. The first-order valence-electron chi connectivity index (χ1n) is 9.11. The van der Waals surface area contributed by atoms with Crippen LogP contribution in [0.3, 0.4) is 0 Å². The molecule has 0 saturated heterocycles. The summed E-state index contributed by atoms with van der Waals surface area (Å²) in [5, 5.41) is 30.5. The highest BCUT2D eigenvalue weighted by atomic mass is 16.5. The van der Waals surface area contributed by atoms with Crippen molar-refractivity contribution in [2.75, 3.05) is 19.0 Å². The number of hydrogen-bond acceptors (Lipinski definition) is 7. The average Bonchev–Trinajstić information content (AvgIpc) is 2.63. The first kappa shape index (κ1) is 21.7. The third kappa shape index (κ3) is 4.99. The highest BCUT2D eigenvalue weighted by Gasteiger charge is 2.25. The number of anilines is 1. The Hall–Kier alpha value is -2.64. The number of aliphatic hydroxyl groups excluding tert-OH is 2. The maximum Gasteiger partial charge on any atom is 0.342 e. The van der Waals surface area contributed by atoms with Gasteiger partial charge in [0.2, 0.25) is 0 Å². The molecule has 1 unspecified atom stereocenters. The zero-order valence-corrected chi connectivity index (χ0v) is 16.5. The van der Waals surface area contributed by atoms with E-state index in [9.17, 15) is 24.9 Å². The SMILES string of the molecule is C[C@@H]1/C=C\C(=O)C(O)[C@@H](O)C/C=C/c2cc(N(C)C)cc(O)c2C(=O)O[C@H]1C. The summed E-state index contributed by atoms with van der Waals surface area (Å²) < 4.78 is 5.48. The van der Waals surface area contributed by atoms with E-state index in [0.717, 1.165) is 0 Å². The summed E-state index contributed by atoms with van der Waals surface area (Å²) in [6, 6.07) is 3.18. The van der Waals surface area contributed by atoms with Gasteiger partial charge in [-0.15, -0.1) is 0 Å². The van der Waals surface area contributed by atoms with Crippen LogP contribution in [0.25, 0.3) is 6.08 Å². The number of aromatic hydroxyl groups is 1. The highest BCUT2D eigenvalue weighted by Crippen LogP contribution is 2.30. The lowest BCUT2D eigenvalue weighted by Gasteiger charge is -2.21. The molecule has 0 aliphatic carbocycles. The van der Waals surface area contributed by atoms with E-state index in [2.05, 4.69) is 0 Å². The minimum Gasteiger partial charge on any atom is -0.507 e. The van der Waals surface area contributed by atoms with E-state index < -0.39 is 30.1 Å². The number of nitrogens with zero attached hydrogens (tertiary/aromatic N) is 1. The number of benzene rings is 1. The van der Waals surface area contributed by atoms with Crippen LogP contribution in [0.1, 0.15) is 36.2 Å². The Morgan fingerprint density at radius 1 is 1.11 bits per heavy atom. The number of phenols is 1. The molecule has 0 saturated carbocycles. The number of carbonyl (C=O) groups excluding carboxylic acids is 2. The topological polar surface area (TPSA) is 107 Å². The zero-order chi connectivity index (χ0) is 21.0. The van der Waals surface area contributed by atoms with Crippen molar-refractivity contribution in [3.63, 3.8) is 0 Å². The van der Waals surface area contributed by atoms with Gasteiger partial charge in [0.05, 0.1) is 6.10 Å². The Morgan fingerprint density at radius 3 is 2.43 bits per heavy atom. The molecule has 7 nitrogen and oxygen atoms in total. The van der Waals surface area contributed by atoms with E-state index in [1.165, 1.54) is 24.3 Å². The molecule has 1 aromatic rings. The molecule has 0 fully saturated rings. The van der Waals surface area contributed by atoms with Crippen molar-refractivity contribution >= 4 is 23.5 Å². The van der Waals surface area contributed by atoms with Crippen LogP contribution in [0.15, 0.2) is 30.4 Å². The fourth-order valence-corrected chi connectivity index (χ4v) is 2.74. The molecule has 1 aromatic carbocycles. The van der Waals surface area contributed by atoms with Crippen LogP contribution in [0.5, 0.6) is 5.75 Å². The summed E-state index contributed by atoms with van der Waals surface area (Å²) >= 11 is 0. The molecular weight excluding hydrogens is 362 g/mol. The van der Waals surface area contributed by atoms with Crippen molar-refractivity contribution < 1.29 is 29.6 Å². The second-order valence-electron chi connectivity index (χ2n) is 7.20. The molecule has 1 aliphatic rings. The number of esters is 1. The fraction of sp³-hybridized carbons (Fsp3) is 0.429. The Morgan fingerprint density at radius 2 is 1.79 bits per heavy atom. The second-order valence-corrected chi connectivity index (χ2v) is 7.20. The van der Waals surface area contributed by atoms with E-state index in [1.807, 2.05) is 0 Å². The second kappa shape index (κ2) is 9.03. The third-order valence-corrected chi connectivity index (χ3v) is 4.78. The van der Waals surface area contributed by atoms with Gasteiger partial charge in [0.15, 0.2) is 5.78 Å². The molecule has 0 radical (unpaired) electrons. The predicted molar refractivity (Wildman–Crippen MR) is 106 cm³/mol. The van der Waals surface area contributed by atoms with E-state index in [0.29, 0.717) is 11.3 Å². The van der Waals surface area contributed by atoms with Crippen LogP contribution in [0.4, 0.5) is 5.69 Å². The lowest BCUT2D eigenvalue weighted by Crippen LogP contribution is -2.32. The Kier molecular flexibility index (Phi) is 6.99. The predicted octanol–water partition coefficient (Wildman–Crippen LogP) is 1.90. The minimum absolute atomic E-state index is 0.00581. The molecule has 0 amide bonds. The lowest BCUT2D eigenvalue weighted by atomic mass is 9.99. The molecular formula is C21H27NO6. The van der Waals surface area contributed by atoms with Crippen LogP contribution in [0, 0.1) is 5.92 Å². The van der Waals surface area contributed by atoms with Gasteiger partial charge in [-0.05, 0) is 31.1 Å². The summed E-state index contributed by atoms with van der Waals surface area (Å²) in [6.45, 7) is 3.43. The van der Waals surface area contributed by atoms with Crippen molar-refractivity contribution in [1.82, 2.24) is 0 Å². The van der Waals surface area contributed by atoms with Crippen molar-refractivity contribution in [2.45, 2.75) is 38.6 Å². The smallest absolute Gasteiger partial charge is 0.342 e. The number of aliphatic hydroxyl groups is 2. The monoisotopic (exact) mass is 389 g/mol. The molecule has 0 aromatic heterocycles. The number of phenolic OH excluding ortho intramolecular Hbond substituents is 1. The summed E-state index contributed by atoms with van der Waals surface area (Å²) in [7, 11) is 3.60. The van der Waals surface area contributed by atoms with Crippen LogP contribution < -0.4 is 4.90 Å². The first-order chi connectivity index (χ1) is 13.1. The van der Waals surface area contributed by atoms with Crippen LogP contribution in [-0.2, 0) is 9.53 Å². The lowest BCUT2D eigenvalue weighted by molar-refractivity contribution is -0.127. The summed E-state index contributed by atoms with van der Waals surface area (Å²) in [5.41, 5.74) is 1.11. The van der Waals surface area contributed by atoms with Crippen LogP contribution in [-0.4, -0.2) is 59.5 Å². The maximum atomic E-state index is 12.7.